The predicted molar refractivity (Wildman–Crippen MR) is 74.3 cm³/mol. The highest BCUT2D eigenvalue weighted by molar-refractivity contribution is 5.03. The van der Waals surface area contributed by atoms with E-state index >= 15 is 0 Å². The van der Waals surface area contributed by atoms with Crippen LogP contribution < -0.4 is 5.32 Å². The molecule has 4 bridgehead atoms. The second kappa shape index (κ2) is 4.55. The van der Waals surface area contributed by atoms with Gasteiger partial charge in [-0.15, -0.1) is 0 Å². The maximum atomic E-state index is 4.34. The Hall–Kier alpha value is -0.960. The molecule has 0 atom stereocenters. The molecule has 0 aliphatic heterocycles. The van der Waals surface area contributed by atoms with Crippen LogP contribution >= 0.6 is 0 Å². The summed E-state index contributed by atoms with van der Waals surface area (Å²) in [6, 6.07) is 0. The molecule has 1 heterocycles. The molecule has 5 rings (SSSR count). The van der Waals surface area contributed by atoms with E-state index in [-0.39, 0.29) is 0 Å². The summed E-state index contributed by atoms with van der Waals surface area (Å²) >= 11 is 0. The van der Waals surface area contributed by atoms with Crippen molar-refractivity contribution in [2.75, 3.05) is 6.54 Å². The van der Waals surface area contributed by atoms with Crippen molar-refractivity contribution >= 4 is 0 Å². The second-order valence-corrected chi connectivity index (χ2v) is 7.22. The van der Waals surface area contributed by atoms with E-state index in [0.717, 1.165) is 30.0 Å². The summed E-state index contributed by atoms with van der Waals surface area (Å²) in [6.07, 6.45) is 14.4. The Bertz CT molecular complexity index is 407. The van der Waals surface area contributed by atoms with E-state index in [2.05, 4.69) is 15.3 Å². The molecular weight excluding hydrogens is 234 g/mol. The lowest BCUT2D eigenvalue weighted by Crippen LogP contribution is -2.50. The van der Waals surface area contributed by atoms with Gasteiger partial charge in [0.15, 0.2) is 0 Å². The highest BCUT2D eigenvalue weighted by Gasteiger charge is 2.50. The van der Waals surface area contributed by atoms with Crippen LogP contribution in [0.25, 0.3) is 0 Å². The molecule has 19 heavy (non-hydrogen) atoms. The second-order valence-electron chi connectivity index (χ2n) is 7.22. The molecule has 0 aromatic carbocycles. The van der Waals surface area contributed by atoms with E-state index in [0.29, 0.717) is 5.41 Å². The van der Waals surface area contributed by atoms with Crippen molar-refractivity contribution in [3.8, 4) is 0 Å². The van der Waals surface area contributed by atoms with E-state index in [9.17, 15) is 0 Å². The molecule has 4 fully saturated rings. The summed E-state index contributed by atoms with van der Waals surface area (Å²) < 4.78 is 0. The average Bonchev–Trinajstić information content (AvgIpc) is 2.38. The van der Waals surface area contributed by atoms with Crippen LogP contribution in [0, 0.1) is 23.2 Å². The fourth-order valence-corrected chi connectivity index (χ4v) is 5.38. The molecule has 102 valence electrons. The fraction of sp³-hybridized carbons (Fsp3) is 0.750. The van der Waals surface area contributed by atoms with Gasteiger partial charge >= 0.3 is 0 Å². The molecule has 3 nitrogen and oxygen atoms in total. The van der Waals surface area contributed by atoms with Gasteiger partial charge in [0.25, 0.3) is 0 Å². The van der Waals surface area contributed by atoms with Gasteiger partial charge in [0.05, 0.1) is 5.69 Å². The van der Waals surface area contributed by atoms with Crippen LogP contribution in [0.1, 0.15) is 44.2 Å². The van der Waals surface area contributed by atoms with Crippen molar-refractivity contribution < 1.29 is 0 Å². The molecule has 4 saturated carbocycles. The van der Waals surface area contributed by atoms with Crippen LogP contribution in [0.4, 0.5) is 0 Å². The molecule has 0 saturated heterocycles. The SMILES string of the molecule is c1cnc(CNCC23CC4CC(CC(C4)C2)C3)cn1. The Morgan fingerprint density at radius 3 is 2.32 bits per heavy atom. The minimum absolute atomic E-state index is 0.622. The van der Waals surface area contributed by atoms with Crippen molar-refractivity contribution in [2.24, 2.45) is 23.2 Å². The van der Waals surface area contributed by atoms with Gasteiger partial charge in [-0.2, -0.15) is 0 Å². The molecule has 0 unspecified atom stereocenters. The minimum Gasteiger partial charge on any atom is -0.311 e. The van der Waals surface area contributed by atoms with Crippen molar-refractivity contribution in [1.29, 1.82) is 0 Å². The third kappa shape index (κ3) is 2.29. The summed E-state index contributed by atoms with van der Waals surface area (Å²) in [5.41, 5.74) is 1.68. The molecule has 0 radical (unpaired) electrons. The summed E-state index contributed by atoms with van der Waals surface area (Å²) in [5, 5.41) is 3.66. The highest BCUT2D eigenvalue weighted by Crippen LogP contribution is 2.59. The average molecular weight is 257 g/mol. The lowest BCUT2D eigenvalue weighted by Gasteiger charge is -2.57. The standard InChI is InChI=1S/C16H23N3/c1-2-19-15(9-17-1)10-18-11-16-6-12-3-13(7-16)5-14(4-12)8-16/h1-2,9,12-14,18H,3-8,10-11H2. The third-order valence-electron chi connectivity index (χ3n) is 5.59. The number of hydrogen-bond donors (Lipinski definition) is 1. The van der Waals surface area contributed by atoms with Gasteiger partial charge in [0.1, 0.15) is 0 Å². The molecule has 0 amide bonds. The van der Waals surface area contributed by atoms with Gasteiger partial charge in [0.2, 0.25) is 0 Å². The first kappa shape index (κ1) is 11.8. The van der Waals surface area contributed by atoms with Crippen LogP contribution in [0.5, 0.6) is 0 Å². The zero-order valence-electron chi connectivity index (χ0n) is 11.5. The van der Waals surface area contributed by atoms with Crippen LogP contribution in [-0.4, -0.2) is 16.5 Å². The Morgan fingerprint density at radius 1 is 1.05 bits per heavy atom. The van der Waals surface area contributed by atoms with Crippen molar-refractivity contribution in [3.05, 3.63) is 24.3 Å². The smallest absolute Gasteiger partial charge is 0.0724 e. The van der Waals surface area contributed by atoms with Crippen molar-refractivity contribution in [1.82, 2.24) is 15.3 Å². The number of aromatic nitrogens is 2. The molecule has 0 spiro atoms. The first-order valence-electron chi connectivity index (χ1n) is 7.77. The van der Waals surface area contributed by atoms with Crippen molar-refractivity contribution in [2.45, 2.75) is 45.1 Å². The minimum atomic E-state index is 0.622. The Labute approximate surface area is 115 Å². The number of nitrogens with one attached hydrogen (secondary N) is 1. The zero-order valence-corrected chi connectivity index (χ0v) is 11.5. The maximum Gasteiger partial charge on any atom is 0.0724 e. The molecule has 4 aliphatic carbocycles. The van der Waals surface area contributed by atoms with E-state index < -0.39 is 0 Å². The van der Waals surface area contributed by atoms with Crippen molar-refractivity contribution in [3.63, 3.8) is 0 Å². The summed E-state index contributed by atoms with van der Waals surface area (Å²) in [5.74, 6) is 3.14. The third-order valence-corrected chi connectivity index (χ3v) is 5.59. The lowest BCUT2D eigenvalue weighted by atomic mass is 9.49. The summed E-state index contributed by atoms with van der Waals surface area (Å²) in [4.78, 5) is 8.47. The number of hydrogen-bond acceptors (Lipinski definition) is 3. The molecule has 1 aromatic rings. The van der Waals surface area contributed by atoms with E-state index in [1.165, 1.54) is 45.1 Å². The summed E-state index contributed by atoms with van der Waals surface area (Å²) in [7, 11) is 0. The van der Waals surface area contributed by atoms with Gasteiger partial charge < -0.3 is 5.32 Å². The number of rotatable bonds is 4. The quantitative estimate of drug-likeness (QED) is 0.901. The highest BCUT2D eigenvalue weighted by atomic mass is 14.9. The van der Waals surface area contributed by atoms with Gasteiger partial charge in [-0.25, -0.2) is 0 Å². The first-order chi connectivity index (χ1) is 9.31. The van der Waals surface area contributed by atoms with Gasteiger partial charge in [-0.3, -0.25) is 9.97 Å². The normalized spacial score (nSPS) is 39.7. The summed E-state index contributed by atoms with van der Waals surface area (Å²) in [6.45, 7) is 2.06. The molecular formula is C16H23N3. The molecule has 1 aromatic heterocycles. The first-order valence-corrected chi connectivity index (χ1v) is 7.77. The number of nitrogens with zero attached hydrogens (tertiary/aromatic N) is 2. The zero-order chi connectivity index (χ0) is 12.7. The monoisotopic (exact) mass is 257 g/mol. The topological polar surface area (TPSA) is 37.8 Å². The van der Waals surface area contributed by atoms with Gasteiger partial charge in [-0.1, -0.05) is 0 Å². The molecule has 4 aliphatic rings. The Kier molecular flexibility index (Phi) is 2.83. The Balaban J connectivity index is 1.38. The van der Waals surface area contributed by atoms with Crippen LogP contribution in [0.15, 0.2) is 18.6 Å². The largest absolute Gasteiger partial charge is 0.311 e. The van der Waals surface area contributed by atoms with Crippen LogP contribution in [0.2, 0.25) is 0 Å². The Morgan fingerprint density at radius 2 is 1.74 bits per heavy atom. The van der Waals surface area contributed by atoms with E-state index in [4.69, 9.17) is 0 Å². The van der Waals surface area contributed by atoms with E-state index in [1.54, 1.807) is 12.4 Å². The van der Waals surface area contributed by atoms with Gasteiger partial charge in [0, 0.05) is 31.7 Å². The van der Waals surface area contributed by atoms with E-state index in [1.807, 2.05) is 6.20 Å². The maximum absolute atomic E-state index is 4.34. The molecule has 1 N–H and O–H groups in total. The van der Waals surface area contributed by atoms with Crippen LogP contribution in [0.3, 0.4) is 0 Å². The lowest BCUT2D eigenvalue weighted by molar-refractivity contribution is -0.0514. The molecule has 3 heteroatoms. The van der Waals surface area contributed by atoms with Gasteiger partial charge in [-0.05, 0) is 61.7 Å². The van der Waals surface area contributed by atoms with Crippen LogP contribution in [-0.2, 0) is 6.54 Å². The predicted octanol–water partition coefficient (Wildman–Crippen LogP) is 2.78. The fourth-order valence-electron chi connectivity index (χ4n) is 5.38.